The van der Waals surface area contributed by atoms with Crippen molar-refractivity contribution in [3.05, 3.63) is 34.3 Å². The zero-order chi connectivity index (χ0) is 7.56. The van der Waals surface area contributed by atoms with Crippen LogP contribution in [-0.2, 0) is 0 Å². The highest BCUT2D eigenvalue weighted by atomic mass is 35.5. The van der Waals surface area contributed by atoms with E-state index in [1.165, 1.54) is 0 Å². The van der Waals surface area contributed by atoms with Gasteiger partial charge in [-0.25, -0.2) is 0 Å². The van der Waals surface area contributed by atoms with Crippen molar-refractivity contribution >= 4 is 17.9 Å². The number of rotatable bonds is 1. The fourth-order valence-electron chi connectivity index (χ4n) is 0.761. The third kappa shape index (κ3) is 1.19. The average molecular weight is 155 g/mol. The van der Waals surface area contributed by atoms with E-state index in [0.717, 1.165) is 11.8 Å². The number of benzene rings is 1. The molecule has 0 N–H and O–H groups in total. The summed E-state index contributed by atoms with van der Waals surface area (Å²) in [6, 6.07) is 5.38. The predicted molar refractivity (Wildman–Crippen MR) is 41.6 cm³/mol. The summed E-state index contributed by atoms with van der Waals surface area (Å²) < 4.78 is 0. The molecule has 0 spiro atoms. The van der Waals surface area contributed by atoms with Gasteiger partial charge in [0.05, 0.1) is 5.02 Å². The first kappa shape index (κ1) is 7.29. The summed E-state index contributed by atoms with van der Waals surface area (Å²) in [7, 11) is 0. The van der Waals surface area contributed by atoms with Crippen LogP contribution in [0.5, 0.6) is 0 Å². The summed E-state index contributed by atoms with van der Waals surface area (Å²) in [4.78, 5) is 10.3. The second-order valence-electron chi connectivity index (χ2n) is 2.10. The molecular weight excluding hydrogens is 148 g/mol. The molecule has 0 fully saturated rings. The third-order valence-corrected chi connectivity index (χ3v) is 1.86. The number of aldehydes is 1. The lowest BCUT2D eigenvalue weighted by Crippen LogP contribution is -1.83. The minimum atomic E-state index is 0.553. The summed E-state index contributed by atoms with van der Waals surface area (Å²) >= 11 is 5.76. The van der Waals surface area contributed by atoms with Gasteiger partial charge in [-0.05, 0) is 12.5 Å². The quantitative estimate of drug-likeness (QED) is 0.568. The maximum atomic E-state index is 10.3. The van der Waals surface area contributed by atoms with Crippen LogP contribution in [0.4, 0.5) is 0 Å². The lowest BCUT2D eigenvalue weighted by molar-refractivity contribution is 0.112. The van der Waals surface area contributed by atoms with Crippen LogP contribution >= 0.6 is 11.6 Å². The molecule has 0 aromatic heterocycles. The number of carbonyl (C=O) groups is 1. The van der Waals surface area contributed by atoms with E-state index in [4.69, 9.17) is 11.6 Å². The molecule has 0 saturated carbocycles. The molecule has 2 heteroatoms. The fraction of sp³-hybridized carbons (Fsp3) is 0.125. The lowest BCUT2D eigenvalue weighted by Gasteiger charge is -1.97. The van der Waals surface area contributed by atoms with Crippen LogP contribution in [0.25, 0.3) is 0 Å². The van der Waals surface area contributed by atoms with Gasteiger partial charge in [0, 0.05) is 5.56 Å². The largest absolute Gasteiger partial charge is 0.298 e. The van der Waals surface area contributed by atoms with E-state index in [9.17, 15) is 4.79 Å². The van der Waals surface area contributed by atoms with Crippen molar-refractivity contribution in [3.63, 3.8) is 0 Å². The minimum Gasteiger partial charge on any atom is -0.298 e. The molecule has 1 rings (SSSR count). The molecule has 0 aliphatic heterocycles. The smallest absolute Gasteiger partial charge is 0.151 e. The zero-order valence-electron chi connectivity index (χ0n) is 5.60. The van der Waals surface area contributed by atoms with Crippen LogP contribution in [0.2, 0.25) is 5.02 Å². The second kappa shape index (κ2) is 2.84. The Bertz CT molecular complexity index is 255. The van der Waals surface area contributed by atoms with Gasteiger partial charge in [-0.3, -0.25) is 4.79 Å². The Morgan fingerprint density at radius 1 is 1.50 bits per heavy atom. The van der Waals surface area contributed by atoms with Crippen LogP contribution in [0.1, 0.15) is 15.9 Å². The first-order valence-corrected chi connectivity index (χ1v) is 3.34. The maximum absolute atomic E-state index is 10.3. The molecule has 0 atom stereocenters. The number of aryl methyl sites for hydroxylation is 1. The van der Waals surface area contributed by atoms with Gasteiger partial charge >= 0.3 is 0 Å². The summed E-state index contributed by atoms with van der Waals surface area (Å²) in [5.74, 6) is 0. The molecule has 1 nitrogen and oxygen atoms in total. The van der Waals surface area contributed by atoms with Crippen molar-refractivity contribution in [1.29, 1.82) is 0 Å². The Labute approximate surface area is 64.6 Å². The second-order valence-corrected chi connectivity index (χ2v) is 2.47. The molecule has 0 aliphatic rings. The molecule has 0 saturated heterocycles. The topological polar surface area (TPSA) is 17.1 Å². The van der Waals surface area contributed by atoms with Gasteiger partial charge in [0.25, 0.3) is 0 Å². The van der Waals surface area contributed by atoms with Gasteiger partial charge in [-0.2, -0.15) is 0 Å². The Kier molecular flexibility index (Phi) is 2.07. The van der Waals surface area contributed by atoms with E-state index in [2.05, 4.69) is 0 Å². The molecule has 0 heterocycles. The van der Waals surface area contributed by atoms with E-state index >= 15 is 0 Å². The number of hydrogen-bond donors (Lipinski definition) is 0. The van der Waals surface area contributed by atoms with E-state index in [1.807, 2.05) is 19.1 Å². The maximum Gasteiger partial charge on any atom is 0.151 e. The van der Waals surface area contributed by atoms with Crippen LogP contribution in [-0.4, -0.2) is 6.29 Å². The zero-order valence-corrected chi connectivity index (χ0v) is 6.35. The van der Waals surface area contributed by atoms with Gasteiger partial charge in [0.1, 0.15) is 0 Å². The summed E-state index contributed by atoms with van der Waals surface area (Å²) in [6.45, 7) is 1.87. The van der Waals surface area contributed by atoms with E-state index in [-0.39, 0.29) is 0 Å². The van der Waals surface area contributed by atoms with Gasteiger partial charge in [-0.15, -0.1) is 0 Å². The van der Waals surface area contributed by atoms with Crippen LogP contribution in [0.3, 0.4) is 0 Å². The van der Waals surface area contributed by atoms with Crippen LogP contribution in [0.15, 0.2) is 18.2 Å². The highest BCUT2D eigenvalue weighted by Crippen LogP contribution is 2.17. The van der Waals surface area contributed by atoms with Crippen molar-refractivity contribution in [2.24, 2.45) is 0 Å². The normalized spacial score (nSPS) is 9.40. The van der Waals surface area contributed by atoms with Crippen LogP contribution in [0, 0.1) is 6.92 Å². The lowest BCUT2D eigenvalue weighted by atomic mass is 10.1. The number of hydrogen-bond acceptors (Lipinski definition) is 1. The van der Waals surface area contributed by atoms with Crippen molar-refractivity contribution in [2.45, 2.75) is 6.92 Å². The van der Waals surface area contributed by atoms with Crippen LogP contribution < -0.4 is 0 Å². The Morgan fingerprint density at radius 3 is 2.70 bits per heavy atom. The molecule has 10 heavy (non-hydrogen) atoms. The van der Waals surface area contributed by atoms with Gasteiger partial charge < -0.3 is 0 Å². The number of halogens is 1. The summed E-state index contributed by atoms with van der Waals surface area (Å²) in [6.07, 6.45) is 0.759. The summed E-state index contributed by atoms with van der Waals surface area (Å²) in [5, 5.41) is 0.553. The Hall–Kier alpha value is -0.820. The highest BCUT2D eigenvalue weighted by molar-refractivity contribution is 6.33. The monoisotopic (exact) mass is 154 g/mol. The van der Waals surface area contributed by atoms with Crippen molar-refractivity contribution in [1.82, 2.24) is 0 Å². The van der Waals surface area contributed by atoms with E-state index < -0.39 is 0 Å². The molecule has 0 radical (unpaired) electrons. The molecule has 52 valence electrons. The van der Waals surface area contributed by atoms with Gasteiger partial charge in [0.15, 0.2) is 6.29 Å². The van der Waals surface area contributed by atoms with E-state index in [1.54, 1.807) is 6.07 Å². The Balaban J connectivity index is 3.27. The first-order valence-electron chi connectivity index (χ1n) is 2.96. The molecule has 1 aromatic carbocycles. The Morgan fingerprint density at radius 2 is 2.20 bits per heavy atom. The number of carbonyl (C=O) groups excluding carboxylic acids is 1. The third-order valence-electron chi connectivity index (χ3n) is 1.35. The molecule has 0 unspecified atom stereocenters. The van der Waals surface area contributed by atoms with Crippen molar-refractivity contribution < 1.29 is 4.79 Å². The van der Waals surface area contributed by atoms with Crippen molar-refractivity contribution in [3.8, 4) is 0 Å². The van der Waals surface area contributed by atoms with E-state index in [0.29, 0.717) is 10.6 Å². The first-order chi connectivity index (χ1) is 4.75. The van der Waals surface area contributed by atoms with Gasteiger partial charge in [-0.1, -0.05) is 29.8 Å². The molecule has 0 aliphatic carbocycles. The van der Waals surface area contributed by atoms with Gasteiger partial charge in [0.2, 0.25) is 0 Å². The van der Waals surface area contributed by atoms with Crippen molar-refractivity contribution in [2.75, 3.05) is 0 Å². The summed E-state index contributed by atoms with van der Waals surface area (Å²) in [5.41, 5.74) is 1.49. The molecule has 0 amide bonds. The predicted octanol–water partition coefficient (Wildman–Crippen LogP) is 2.46. The minimum absolute atomic E-state index is 0.553. The fourth-order valence-corrected chi connectivity index (χ4v) is 0.932. The highest BCUT2D eigenvalue weighted by Gasteiger charge is 1.98. The molecular formula is C8H7ClO. The molecule has 0 bridgehead atoms. The molecule has 1 aromatic rings. The SMILES string of the molecule is Cc1cccc(C=O)c1Cl. The standard InChI is InChI=1S/C8H7ClO/c1-6-3-2-4-7(5-10)8(6)9/h2-5H,1H3. The average Bonchev–Trinajstić information content (AvgIpc) is 1.95.